The Bertz CT molecular complexity index is 225. The van der Waals surface area contributed by atoms with E-state index in [4.69, 9.17) is 5.73 Å². The van der Waals surface area contributed by atoms with Gasteiger partial charge in [-0.1, -0.05) is 161 Å². The van der Waals surface area contributed by atoms with E-state index >= 15 is 0 Å². The summed E-state index contributed by atoms with van der Waals surface area (Å²) < 4.78 is 0. The predicted molar refractivity (Wildman–Crippen MR) is 130 cm³/mol. The van der Waals surface area contributed by atoms with Gasteiger partial charge < -0.3 is 5.73 Å². The third-order valence-corrected chi connectivity index (χ3v) is 6.31. The first kappa shape index (κ1) is 28.0. The highest BCUT2D eigenvalue weighted by Gasteiger charge is 1.96. The van der Waals surface area contributed by atoms with Crippen LogP contribution < -0.4 is 5.73 Å². The summed E-state index contributed by atoms with van der Waals surface area (Å²) in [5, 5.41) is 0. The lowest BCUT2D eigenvalue weighted by molar-refractivity contribution is 0.516. The van der Waals surface area contributed by atoms with Gasteiger partial charge in [0.1, 0.15) is 0 Å². The molecule has 0 aromatic rings. The highest BCUT2D eigenvalue weighted by Crippen LogP contribution is 2.15. The number of hydrogen-bond donors (Lipinski definition) is 1. The zero-order valence-electron chi connectivity index (χ0n) is 20.0. The van der Waals surface area contributed by atoms with Crippen molar-refractivity contribution in [2.75, 3.05) is 6.54 Å². The van der Waals surface area contributed by atoms with Crippen LogP contribution in [0.3, 0.4) is 0 Å². The Labute approximate surface area is 180 Å². The molecule has 0 amide bonds. The Morgan fingerprint density at radius 1 is 0.286 bits per heavy atom. The molecule has 0 saturated carbocycles. The largest absolute Gasteiger partial charge is 0.330 e. The minimum Gasteiger partial charge on any atom is -0.330 e. The number of rotatable bonds is 25. The van der Waals surface area contributed by atoms with E-state index < -0.39 is 0 Å². The molecule has 0 aliphatic carbocycles. The highest BCUT2D eigenvalue weighted by molar-refractivity contribution is 4.51. The second-order valence-corrected chi connectivity index (χ2v) is 9.27. The Hall–Kier alpha value is -0.0400. The van der Waals surface area contributed by atoms with E-state index in [1.807, 2.05) is 0 Å². The van der Waals surface area contributed by atoms with Crippen LogP contribution >= 0.6 is 0 Å². The summed E-state index contributed by atoms with van der Waals surface area (Å²) >= 11 is 0. The number of unbranched alkanes of at least 4 members (excludes halogenated alkanes) is 24. The molecule has 0 radical (unpaired) electrons. The quantitative estimate of drug-likeness (QED) is 0.153. The first-order chi connectivity index (χ1) is 13.9. The molecule has 0 rings (SSSR count). The third-order valence-electron chi connectivity index (χ3n) is 6.31. The normalized spacial score (nSPS) is 11.4. The van der Waals surface area contributed by atoms with Gasteiger partial charge in [0, 0.05) is 0 Å². The van der Waals surface area contributed by atoms with Gasteiger partial charge >= 0.3 is 0 Å². The average Bonchev–Trinajstić information content (AvgIpc) is 2.71. The van der Waals surface area contributed by atoms with Gasteiger partial charge in [-0.2, -0.15) is 0 Å². The average molecular weight is 396 g/mol. The van der Waals surface area contributed by atoms with Crippen molar-refractivity contribution in [1.82, 2.24) is 0 Å². The minimum atomic E-state index is 0.874. The topological polar surface area (TPSA) is 26.0 Å². The molecule has 0 aliphatic rings. The molecule has 0 fully saturated rings. The number of nitrogens with two attached hydrogens (primary N) is 1. The maximum atomic E-state index is 5.52. The van der Waals surface area contributed by atoms with Crippen LogP contribution in [0, 0.1) is 0 Å². The summed E-state index contributed by atoms with van der Waals surface area (Å²) in [4.78, 5) is 0. The summed E-state index contributed by atoms with van der Waals surface area (Å²) in [5.74, 6) is 0. The standard InChI is InChI=1S/C27H57N/c1-2-3-4-5-6-7-8-9-10-11-12-13-14-15-16-17-18-19-20-21-22-23-24-25-26-27-28/h2-28H2,1H3. The van der Waals surface area contributed by atoms with Gasteiger partial charge in [0.05, 0.1) is 0 Å². The van der Waals surface area contributed by atoms with Crippen molar-refractivity contribution >= 4 is 0 Å². The summed E-state index contributed by atoms with van der Waals surface area (Å²) in [6, 6.07) is 0. The van der Waals surface area contributed by atoms with Crippen LogP contribution in [-0.2, 0) is 0 Å². The Morgan fingerprint density at radius 2 is 0.464 bits per heavy atom. The fourth-order valence-electron chi connectivity index (χ4n) is 4.28. The van der Waals surface area contributed by atoms with Crippen molar-refractivity contribution in [3.05, 3.63) is 0 Å². The number of hydrogen-bond acceptors (Lipinski definition) is 1. The second-order valence-electron chi connectivity index (χ2n) is 9.27. The van der Waals surface area contributed by atoms with Gasteiger partial charge in [0.25, 0.3) is 0 Å². The smallest absolute Gasteiger partial charge is 0.00773 e. The van der Waals surface area contributed by atoms with Gasteiger partial charge in [-0.25, -0.2) is 0 Å². The molecule has 2 N–H and O–H groups in total. The summed E-state index contributed by atoms with van der Waals surface area (Å²) in [6.45, 7) is 3.18. The van der Waals surface area contributed by atoms with E-state index in [9.17, 15) is 0 Å². The molecule has 1 heteroatoms. The van der Waals surface area contributed by atoms with Crippen LogP contribution in [0.2, 0.25) is 0 Å². The van der Waals surface area contributed by atoms with E-state index in [0.29, 0.717) is 0 Å². The molecule has 0 unspecified atom stereocenters. The van der Waals surface area contributed by atoms with Gasteiger partial charge in [0.15, 0.2) is 0 Å². The molecule has 0 heterocycles. The van der Waals surface area contributed by atoms with Gasteiger partial charge in [-0.3, -0.25) is 0 Å². The van der Waals surface area contributed by atoms with Gasteiger partial charge in [-0.15, -0.1) is 0 Å². The molecule has 0 spiro atoms. The molecular formula is C27H57N. The Morgan fingerprint density at radius 3 is 0.643 bits per heavy atom. The van der Waals surface area contributed by atoms with Crippen molar-refractivity contribution in [2.45, 2.75) is 167 Å². The fraction of sp³-hybridized carbons (Fsp3) is 1.00. The molecule has 0 bridgehead atoms. The molecule has 170 valence electrons. The Balaban J connectivity index is 2.96. The first-order valence-electron chi connectivity index (χ1n) is 13.6. The molecule has 0 saturated heterocycles. The molecule has 0 atom stereocenters. The zero-order chi connectivity index (χ0) is 20.4. The van der Waals surface area contributed by atoms with Crippen LogP contribution in [0.25, 0.3) is 0 Å². The van der Waals surface area contributed by atoms with E-state index in [0.717, 1.165) is 6.54 Å². The molecule has 1 nitrogen and oxygen atoms in total. The summed E-state index contributed by atoms with van der Waals surface area (Å²) in [6.07, 6.45) is 36.3. The van der Waals surface area contributed by atoms with Crippen molar-refractivity contribution in [1.29, 1.82) is 0 Å². The first-order valence-corrected chi connectivity index (χ1v) is 13.6. The maximum absolute atomic E-state index is 5.52. The second kappa shape index (κ2) is 27.0. The van der Waals surface area contributed by atoms with E-state index in [2.05, 4.69) is 6.92 Å². The van der Waals surface area contributed by atoms with Crippen LogP contribution in [0.1, 0.15) is 167 Å². The monoisotopic (exact) mass is 395 g/mol. The van der Waals surface area contributed by atoms with Crippen LogP contribution in [-0.4, -0.2) is 6.54 Å². The van der Waals surface area contributed by atoms with E-state index in [-0.39, 0.29) is 0 Å². The van der Waals surface area contributed by atoms with E-state index in [1.165, 1.54) is 161 Å². The SMILES string of the molecule is CCCCCCCCCCCCCCCCCCCCCCCCCCCN. The van der Waals surface area contributed by atoms with E-state index in [1.54, 1.807) is 0 Å². The van der Waals surface area contributed by atoms with Gasteiger partial charge in [0.2, 0.25) is 0 Å². The minimum absolute atomic E-state index is 0.874. The van der Waals surface area contributed by atoms with Crippen molar-refractivity contribution in [3.63, 3.8) is 0 Å². The summed E-state index contributed by atoms with van der Waals surface area (Å²) in [7, 11) is 0. The predicted octanol–water partition coefficient (Wildman–Crippen LogP) is 9.72. The lowest BCUT2D eigenvalue weighted by atomic mass is 10.0. The third kappa shape index (κ3) is 26.0. The highest BCUT2D eigenvalue weighted by atomic mass is 14.5. The van der Waals surface area contributed by atoms with Crippen molar-refractivity contribution in [2.24, 2.45) is 5.73 Å². The van der Waals surface area contributed by atoms with Crippen molar-refractivity contribution in [3.8, 4) is 0 Å². The van der Waals surface area contributed by atoms with Crippen LogP contribution in [0.15, 0.2) is 0 Å². The van der Waals surface area contributed by atoms with Crippen molar-refractivity contribution < 1.29 is 0 Å². The molecule has 0 aromatic heterocycles. The zero-order valence-corrected chi connectivity index (χ0v) is 20.0. The maximum Gasteiger partial charge on any atom is -0.00773 e. The lowest BCUT2D eigenvalue weighted by Gasteiger charge is -2.04. The Kier molecular flexibility index (Phi) is 26.9. The van der Waals surface area contributed by atoms with Gasteiger partial charge in [-0.05, 0) is 13.0 Å². The fourth-order valence-corrected chi connectivity index (χ4v) is 4.28. The summed E-state index contributed by atoms with van der Waals surface area (Å²) in [5.41, 5.74) is 5.52. The lowest BCUT2D eigenvalue weighted by Crippen LogP contribution is -1.97. The van der Waals surface area contributed by atoms with Crippen LogP contribution in [0.4, 0.5) is 0 Å². The van der Waals surface area contributed by atoms with Crippen LogP contribution in [0.5, 0.6) is 0 Å². The molecular weight excluding hydrogens is 338 g/mol. The molecule has 0 aromatic carbocycles. The molecule has 0 aliphatic heterocycles. The molecule has 28 heavy (non-hydrogen) atoms.